The van der Waals surface area contributed by atoms with E-state index in [-0.39, 0.29) is 11.2 Å². The van der Waals surface area contributed by atoms with Gasteiger partial charge < -0.3 is 5.32 Å². The number of hydrogen-bond donors (Lipinski definition) is 1. The lowest BCUT2D eigenvalue weighted by molar-refractivity contribution is -0.120. The highest BCUT2D eigenvalue weighted by atomic mass is 32.2. The quantitative estimate of drug-likeness (QED) is 0.770. The molecule has 1 aromatic carbocycles. The molecule has 0 saturated carbocycles. The smallest absolute Gasteiger partial charge is 0.233 e. The SMILES string of the molecule is CSc1nnc(S[C@@H](C)C(=O)NC[C@@H](C)c2ccccc2)s1. The van der Waals surface area contributed by atoms with Crippen LogP contribution in [0.4, 0.5) is 0 Å². The minimum absolute atomic E-state index is 0.0358. The van der Waals surface area contributed by atoms with Crippen molar-refractivity contribution in [3.8, 4) is 0 Å². The summed E-state index contributed by atoms with van der Waals surface area (Å²) in [5.74, 6) is 0.334. The number of aromatic nitrogens is 2. The van der Waals surface area contributed by atoms with Crippen molar-refractivity contribution in [2.45, 2.75) is 33.7 Å². The normalized spacial score (nSPS) is 13.6. The third-order valence-corrected chi connectivity index (χ3v) is 6.24. The second kappa shape index (κ2) is 8.55. The van der Waals surface area contributed by atoms with Crippen molar-refractivity contribution < 1.29 is 4.79 Å². The molecule has 4 nitrogen and oxygen atoms in total. The highest BCUT2D eigenvalue weighted by Gasteiger charge is 2.17. The average Bonchev–Trinajstić information content (AvgIpc) is 3.00. The number of rotatable bonds is 7. The minimum atomic E-state index is -0.175. The number of amides is 1. The fourth-order valence-electron chi connectivity index (χ4n) is 1.83. The van der Waals surface area contributed by atoms with E-state index in [1.807, 2.05) is 31.4 Å². The molecule has 2 atom stereocenters. The van der Waals surface area contributed by atoms with E-state index in [0.717, 1.165) is 8.68 Å². The molecule has 1 heterocycles. The van der Waals surface area contributed by atoms with Gasteiger partial charge >= 0.3 is 0 Å². The molecule has 0 saturated heterocycles. The van der Waals surface area contributed by atoms with Crippen LogP contribution >= 0.6 is 34.9 Å². The first-order valence-corrected chi connectivity index (χ1v) is 9.89. The number of thioether (sulfide) groups is 2. The second-order valence-corrected chi connectivity index (χ2v) is 8.47. The summed E-state index contributed by atoms with van der Waals surface area (Å²) in [6.45, 7) is 4.65. The Morgan fingerprint density at radius 2 is 1.91 bits per heavy atom. The maximum absolute atomic E-state index is 12.2. The topological polar surface area (TPSA) is 54.9 Å². The van der Waals surface area contributed by atoms with Crippen LogP contribution in [0.25, 0.3) is 0 Å². The first kappa shape index (κ1) is 17.3. The molecule has 0 aliphatic carbocycles. The molecule has 0 unspecified atom stereocenters. The van der Waals surface area contributed by atoms with E-state index in [2.05, 4.69) is 34.6 Å². The van der Waals surface area contributed by atoms with Crippen molar-refractivity contribution in [2.75, 3.05) is 12.8 Å². The van der Waals surface area contributed by atoms with Gasteiger partial charge in [0.15, 0.2) is 8.68 Å². The Kier molecular flexibility index (Phi) is 6.72. The molecule has 7 heteroatoms. The van der Waals surface area contributed by atoms with Crippen molar-refractivity contribution in [3.63, 3.8) is 0 Å². The first-order valence-electron chi connectivity index (χ1n) is 6.97. The van der Waals surface area contributed by atoms with Gasteiger partial charge in [-0.1, -0.05) is 72.1 Å². The number of carbonyl (C=O) groups is 1. The van der Waals surface area contributed by atoms with Crippen LogP contribution in [0.15, 0.2) is 39.0 Å². The summed E-state index contributed by atoms with van der Waals surface area (Å²) in [5, 5.41) is 11.0. The molecular weight excluding hydrogens is 334 g/mol. The van der Waals surface area contributed by atoms with Crippen LogP contribution in [0.3, 0.4) is 0 Å². The van der Waals surface area contributed by atoms with Crippen LogP contribution in [0.5, 0.6) is 0 Å². The summed E-state index contributed by atoms with van der Waals surface area (Å²) >= 11 is 4.55. The van der Waals surface area contributed by atoms with Gasteiger partial charge in [-0.25, -0.2) is 0 Å². The summed E-state index contributed by atoms with van der Waals surface area (Å²) in [5.41, 5.74) is 1.23. The van der Waals surface area contributed by atoms with E-state index in [4.69, 9.17) is 0 Å². The monoisotopic (exact) mass is 353 g/mol. The van der Waals surface area contributed by atoms with Crippen LogP contribution in [-0.2, 0) is 4.79 Å². The zero-order valence-electron chi connectivity index (χ0n) is 12.8. The Labute approximate surface area is 143 Å². The molecule has 0 fully saturated rings. The largest absolute Gasteiger partial charge is 0.355 e. The van der Waals surface area contributed by atoms with Gasteiger partial charge in [0, 0.05) is 6.54 Å². The van der Waals surface area contributed by atoms with Gasteiger partial charge in [-0.15, -0.1) is 10.2 Å². The summed E-state index contributed by atoms with van der Waals surface area (Å²) in [4.78, 5) is 12.2. The van der Waals surface area contributed by atoms with Gasteiger partial charge in [0.25, 0.3) is 0 Å². The molecule has 0 radical (unpaired) electrons. The molecule has 2 aromatic rings. The zero-order valence-corrected chi connectivity index (χ0v) is 15.2. The summed E-state index contributed by atoms with van der Waals surface area (Å²) in [6, 6.07) is 10.2. The average molecular weight is 354 g/mol. The number of carbonyl (C=O) groups excluding carboxylic acids is 1. The molecule has 1 amide bonds. The van der Waals surface area contributed by atoms with Gasteiger partial charge in [-0.05, 0) is 24.7 Å². The van der Waals surface area contributed by atoms with Crippen LogP contribution in [0, 0.1) is 0 Å². The van der Waals surface area contributed by atoms with E-state index in [1.165, 1.54) is 28.7 Å². The summed E-state index contributed by atoms with van der Waals surface area (Å²) in [7, 11) is 0. The highest BCUT2D eigenvalue weighted by Crippen LogP contribution is 2.30. The fourth-order valence-corrected chi connectivity index (χ4v) is 4.44. The number of nitrogens with zero attached hydrogens (tertiary/aromatic N) is 2. The van der Waals surface area contributed by atoms with Crippen molar-refractivity contribution in [3.05, 3.63) is 35.9 Å². The Bertz CT molecular complexity index is 603. The maximum atomic E-state index is 12.2. The summed E-state index contributed by atoms with van der Waals surface area (Å²) < 4.78 is 1.76. The van der Waals surface area contributed by atoms with Crippen LogP contribution in [0.1, 0.15) is 25.3 Å². The van der Waals surface area contributed by atoms with Gasteiger partial charge in [0.05, 0.1) is 5.25 Å². The minimum Gasteiger partial charge on any atom is -0.355 e. The number of hydrogen-bond acceptors (Lipinski definition) is 6. The molecule has 0 bridgehead atoms. The van der Waals surface area contributed by atoms with Crippen LogP contribution in [0.2, 0.25) is 0 Å². The third kappa shape index (κ3) is 5.00. The number of benzene rings is 1. The fraction of sp³-hybridized carbons (Fsp3) is 0.400. The van der Waals surface area contributed by atoms with Gasteiger partial charge in [-0.2, -0.15) is 0 Å². The molecule has 118 valence electrons. The van der Waals surface area contributed by atoms with E-state index in [1.54, 1.807) is 11.8 Å². The molecule has 22 heavy (non-hydrogen) atoms. The third-order valence-electron chi connectivity index (χ3n) is 3.16. The standard InChI is InChI=1S/C15H19N3OS3/c1-10(12-7-5-4-6-8-12)9-16-13(19)11(2)21-15-18-17-14(20-3)22-15/h4-8,10-11H,9H2,1-3H3,(H,16,19)/t10-,11+/m1/s1. The second-order valence-electron chi connectivity index (χ2n) is 4.85. The van der Waals surface area contributed by atoms with Crippen molar-refractivity contribution in [1.82, 2.24) is 15.5 Å². The summed E-state index contributed by atoms with van der Waals surface area (Å²) in [6.07, 6.45) is 1.97. The van der Waals surface area contributed by atoms with Crippen LogP contribution < -0.4 is 5.32 Å². The van der Waals surface area contributed by atoms with Gasteiger partial charge in [0.1, 0.15) is 0 Å². The lowest BCUT2D eigenvalue weighted by Gasteiger charge is -2.15. The van der Waals surface area contributed by atoms with E-state index < -0.39 is 0 Å². The van der Waals surface area contributed by atoms with Crippen molar-refractivity contribution in [1.29, 1.82) is 0 Å². The predicted octanol–water partition coefficient (Wildman–Crippen LogP) is 3.66. The van der Waals surface area contributed by atoms with E-state index in [9.17, 15) is 4.79 Å². The lowest BCUT2D eigenvalue weighted by Crippen LogP contribution is -2.33. The Balaban J connectivity index is 1.81. The first-order chi connectivity index (χ1) is 10.6. The molecule has 0 spiro atoms. The zero-order chi connectivity index (χ0) is 15.9. The molecule has 1 aromatic heterocycles. The molecular formula is C15H19N3OS3. The Morgan fingerprint density at radius 1 is 1.23 bits per heavy atom. The molecule has 2 rings (SSSR count). The van der Waals surface area contributed by atoms with Gasteiger partial charge in [-0.3, -0.25) is 4.79 Å². The Morgan fingerprint density at radius 3 is 2.55 bits per heavy atom. The molecule has 0 aliphatic rings. The molecule has 0 aliphatic heterocycles. The predicted molar refractivity (Wildman–Crippen MR) is 94.9 cm³/mol. The van der Waals surface area contributed by atoms with Crippen molar-refractivity contribution >= 4 is 40.8 Å². The van der Waals surface area contributed by atoms with E-state index >= 15 is 0 Å². The Hall–Kier alpha value is -1.05. The highest BCUT2D eigenvalue weighted by molar-refractivity contribution is 8.03. The van der Waals surface area contributed by atoms with Crippen LogP contribution in [-0.4, -0.2) is 34.2 Å². The maximum Gasteiger partial charge on any atom is 0.233 e. The van der Waals surface area contributed by atoms with E-state index in [0.29, 0.717) is 12.5 Å². The lowest BCUT2D eigenvalue weighted by atomic mass is 10.0. The van der Waals surface area contributed by atoms with Crippen molar-refractivity contribution in [2.24, 2.45) is 0 Å². The molecule has 1 N–H and O–H groups in total. The van der Waals surface area contributed by atoms with Gasteiger partial charge in [0.2, 0.25) is 5.91 Å². The number of nitrogens with one attached hydrogen (secondary N) is 1.